The summed E-state index contributed by atoms with van der Waals surface area (Å²) in [6, 6.07) is 0.507. The van der Waals surface area contributed by atoms with Gasteiger partial charge in [0.25, 0.3) is 0 Å². The van der Waals surface area contributed by atoms with Gasteiger partial charge in [-0.2, -0.15) is 11.8 Å². The highest BCUT2D eigenvalue weighted by Gasteiger charge is 2.24. The molecule has 9 N–H and O–H groups in total. The Morgan fingerprint density at radius 2 is 1.65 bits per heavy atom. The van der Waals surface area contributed by atoms with Crippen LogP contribution >= 0.6 is 11.8 Å². The third kappa shape index (κ3) is 6.78. The Kier molecular flexibility index (Phi) is 8.16. The van der Waals surface area contributed by atoms with Crippen LogP contribution in [0.2, 0.25) is 0 Å². The molecule has 0 saturated carbocycles. The molecule has 26 heavy (non-hydrogen) atoms. The lowest BCUT2D eigenvalue weighted by molar-refractivity contribution is -0.141. The summed E-state index contributed by atoms with van der Waals surface area (Å²) < 4.78 is 0. The summed E-state index contributed by atoms with van der Waals surface area (Å²) in [6.45, 7) is 0. The number of hydrogen-bond donors (Lipinski definition) is 7. The average Bonchev–Trinajstić information content (AvgIpc) is 2.56. The van der Waals surface area contributed by atoms with Gasteiger partial charge in [0.1, 0.15) is 12.1 Å². The number of phenolic OH excluding ortho intramolecular Hbond substituents is 2. The van der Waals surface area contributed by atoms with Gasteiger partial charge < -0.3 is 37.2 Å². The second-order valence-electron chi connectivity index (χ2n) is 5.52. The van der Waals surface area contributed by atoms with Crippen molar-refractivity contribution in [1.29, 1.82) is 0 Å². The molecule has 3 atom stereocenters. The van der Waals surface area contributed by atoms with Gasteiger partial charge in [0.05, 0.1) is 6.04 Å². The van der Waals surface area contributed by atoms with Crippen molar-refractivity contribution >= 4 is 29.6 Å². The van der Waals surface area contributed by atoms with Crippen molar-refractivity contribution in [2.45, 2.75) is 24.5 Å². The van der Waals surface area contributed by atoms with E-state index < -0.39 is 36.0 Å². The van der Waals surface area contributed by atoms with Crippen LogP contribution in [0.5, 0.6) is 11.5 Å². The quantitative estimate of drug-likeness (QED) is 0.236. The molecule has 0 saturated heterocycles. The van der Waals surface area contributed by atoms with Gasteiger partial charge in [0.2, 0.25) is 5.91 Å². The highest BCUT2D eigenvalue weighted by atomic mass is 32.2. The number of benzene rings is 1. The van der Waals surface area contributed by atoms with E-state index in [4.69, 9.17) is 21.7 Å². The maximum atomic E-state index is 12.1. The number of aliphatic carboxylic acids is 2. The number of carboxylic acid groups (broad SMARTS) is 2. The number of hydrogen-bond acceptors (Lipinski definition) is 8. The molecule has 0 aliphatic rings. The highest BCUT2D eigenvalue weighted by molar-refractivity contribution is 7.99. The second kappa shape index (κ2) is 9.85. The number of carboxylic acids is 2. The summed E-state index contributed by atoms with van der Waals surface area (Å²) in [7, 11) is 0. The zero-order valence-electron chi connectivity index (χ0n) is 13.7. The molecular formula is C15H21N3O7S. The number of nitrogens with one attached hydrogen (secondary N) is 1. The van der Waals surface area contributed by atoms with Gasteiger partial charge in [0, 0.05) is 11.5 Å². The van der Waals surface area contributed by atoms with Crippen molar-refractivity contribution in [3.63, 3.8) is 0 Å². The van der Waals surface area contributed by atoms with Crippen molar-refractivity contribution in [3.05, 3.63) is 23.8 Å². The molecule has 0 radical (unpaired) electrons. The maximum Gasteiger partial charge on any atom is 0.327 e. The SMILES string of the molecule is N[C@@H](CSC[C@H](NC(=O)[C@@H](N)Cc1ccc(O)c(O)c1)C(=O)O)C(=O)O. The molecule has 0 aromatic heterocycles. The minimum atomic E-state index is -1.29. The van der Waals surface area contributed by atoms with Gasteiger partial charge in [0.15, 0.2) is 11.5 Å². The molecule has 1 amide bonds. The van der Waals surface area contributed by atoms with E-state index in [2.05, 4.69) is 5.32 Å². The number of aromatic hydroxyl groups is 2. The Morgan fingerprint density at radius 3 is 2.19 bits per heavy atom. The molecule has 10 nitrogen and oxygen atoms in total. The molecule has 0 aliphatic heterocycles. The first-order valence-corrected chi connectivity index (χ1v) is 8.63. The molecule has 0 fully saturated rings. The van der Waals surface area contributed by atoms with Crippen LogP contribution in [0.15, 0.2) is 18.2 Å². The van der Waals surface area contributed by atoms with Crippen LogP contribution in [-0.4, -0.2) is 67.9 Å². The summed E-state index contributed by atoms with van der Waals surface area (Å²) in [4.78, 5) is 33.9. The molecule has 1 aromatic rings. The number of carbonyl (C=O) groups excluding carboxylic acids is 1. The van der Waals surface area contributed by atoms with Crippen LogP contribution in [0, 0.1) is 0 Å². The van der Waals surface area contributed by atoms with E-state index in [1.54, 1.807) is 0 Å². The molecule has 1 rings (SSSR count). The minimum Gasteiger partial charge on any atom is -0.504 e. The van der Waals surface area contributed by atoms with Gasteiger partial charge in [-0.15, -0.1) is 0 Å². The van der Waals surface area contributed by atoms with Crippen molar-refractivity contribution in [1.82, 2.24) is 5.32 Å². The monoisotopic (exact) mass is 387 g/mol. The van der Waals surface area contributed by atoms with Crippen LogP contribution in [0.4, 0.5) is 0 Å². The molecule has 0 bridgehead atoms. The molecule has 0 spiro atoms. The molecule has 0 aliphatic carbocycles. The van der Waals surface area contributed by atoms with Gasteiger partial charge in [-0.3, -0.25) is 9.59 Å². The molecule has 0 unspecified atom stereocenters. The molecule has 1 aromatic carbocycles. The van der Waals surface area contributed by atoms with Crippen LogP contribution in [-0.2, 0) is 20.8 Å². The van der Waals surface area contributed by atoms with E-state index in [-0.39, 0.29) is 29.4 Å². The van der Waals surface area contributed by atoms with Crippen LogP contribution in [0.1, 0.15) is 5.56 Å². The number of thioether (sulfide) groups is 1. The third-order valence-electron chi connectivity index (χ3n) is 3.35. The van der Waals surface area contributed by atoms with Gasteiger partial charge in [-0.05, 0) is 24.1 Å². The van der Waals surface area contributed by atoms with E-state index >= 15 is 0 Å². The Bertz CT molecular complexity index is 671. The minimum absolute atomic E-state index is 0.00613. The zero-order chi connectivity index (χ0) is 19.9. The molecular weight excluding hydrogens is 366 g/mol. The van der Waals surface area contributed by atoms with Crippen molar-refractivity contribution < 1.29 is 34.8 Å². The van der Waals surface area contributed by atoms with Gasteiger partial charge in [-0.1, -0.05) is 6.07 Å². The fourth-order valence-corrected chi connectivity index (χ4v) is 2.87. The molecule has 144 valence electrons. The summed E-state index contributed by atoms with van der Waals surface area (Å²) in [5.74, 6) is -3.95. The lowest BCUT2D eigenvalue weighted by Crippen LogP contribution is -2.50. The number of amides is 1. The van der Waals surface area contributed by atoms with Gasteiger partial charge >= 0.3 is 11.9 Å². The second-order valence-corrected chi connectivity index (χ2v) is 6.59. The third-order valence-corrected chi connectivity index (χ3v) is 4.51. The first-order valence-electron chi connectivity index (χ1n) is 7.47. The summed E-state index contributed by atoms with van der Waals surface area (Å²) in [6.07, 6.45) is 0.0169. The van der Waals surface area contributed by atoms with E-state index in [1.165, 1.54) is 18.2 Å². The summed E-state index contributed by atoms with van der Waals surface area (Å²) >= 11 is 0.984. The highest BCUT2D eigenvalue weighted by Crippen LogP contribution is 2.25. The Morgan fingerprint density at radius 1 is 1.00 bits per heavy atom. The van der Waals surface area contributed by atoms with Crippen LogP contribution < -0.4 is 16.8 Å². The van der Waals surface area contributed by atoms with Gasteiger partial charge in [-0.25, -0.2) is 4.79 Å². The lowest BCUT2D eigenvalue weighted by Gasteiger charge is -2.18. The lowest BCUT2D eigenvalue weighted by atomic mass is 10.1. The standard InChI is InChI=1S/C15H21N3O7S/c16-8(3-7-1-2-11(19)12(20)4-7)13(21)18-10(15(24)25)6-26-5-9(17)14(22)23/h1-2,4,8-10,19-20H,3,5-6,16-17H2,(H,18,21)(H,22,23)(H,24,25)/t8-,9-,10-/m0/s1. The maximum absolute atomic E-state index is 12.1. The number of nitrogens with two attached hydrogens (primary N) is 2. The van der Waals surface area contributed by atoms with Crippen LogP contribution in [0.3, 0.4) is 0 Å². The normalized spacial score (nSPS) is 14.2. The van der Waals surface area contributed by atoms with E-state index in [1.807, 2.05) is 0 Å². The zero-order valence-corrected chi connectivity index (χ0v) is 14.5. The fourth-order valence-electron chi connectivity index (χ4n) is 1.88. The van der Waals surface area contributed by atoms with E-state index in [0.29, 0.717) is 5.56 Å². The van der Waals surface area contributed by atoms with E-state index in [9.17, 15) is 24.6 Å². The average molecular weight is 387 g/mol. The Balaban J connectivity index is 2.58. The number of phenols is 2. The number of rotatable bonds is 10. The van der Waals surface area contributed by atoms with Crippen molar-refractivity contribution in [3.8, 4) is 11.5 Å². The fraction of sp³-hybridized carbons (Fsp3) is 0.400. The summed E-state index contributed by atoms with van der Waals surface area (Å²) in [5, 5.41) is 38.8. The van der Waals surface area contributed by atoms with Crippen LogP contribution in [0.25, 0.3) is 0 Å². The predicted molar refractivity (Wildman–Crippen MR) is 94.0 cm³/mol. The van der Waals surface area contributed by atoms with Crippen molar-refractivity contribution in [2.75, 3.05) is 11.5 Å². The largest absolute Gasteiger partial charge is 0.504 e. The predicted octanol–water partition coefficient (Wildman–Crippen LogP) is -1.32. The Hall–Kier alpha value is -2.50. The number of carbonyl (C=O) groups is 3. The van der Waals surface area contributed by atoms with Crippen molar-refractivity contribution in [2.24, 2.45) is 11.5 Å². The first kappa shape index (κ1) is 21.5. The molecule has 11 heteroatoms. The first-order chi connectivity index (χ1) is 12.1. The molecule has 0 heterocycles. The van der Waals surface area contributed by atoms with E-state index in [0.717, 1.165) is 11.8 Å². The smallest absolute Gasteiger partial charge is 0.327 e. The Labute approximate surface area is 153 Å². The topological polar surface area (TPSA) is 196 Å². The summed E-state index contributed by atoms with van der Waals surface area (Å²) in [5.41, 5.74) is 11.6.